The minimum absolute atomic E-state index is 0.373. The summed E-state index contributed by atoms with van der Waals surface area (Å²) in [6, 6.07) is 0. The maximum Gasteiger partial charge on any atom is 0.00225 e. The van der Waals surface area contributed by atoms with Crippen molar-refractivity contribution in [1.29, 1.82) is 0 Å². The van der Waals surface area contributed by atoms with E-state index in [1.165, 1.54) is 38.9 Å². The molecule has 2 unspecified atom stereocenters. The predicted molar refractivity (Wildman–Crippen MR) is 90.0 cm³/mol. The zero-order chi connectivity index (χ0) is 14.7. The first-order chi connectivity index (χ1) is 8.64. The molecule has 0 aromatic carbocycles. The van der Waals surface area contributed by atoms with Crippen molar-refractivity contribution >= 4 is 12.6 Å². The maximum absolute atomic E-state index is 4.57. The number of nitrogens with zero attached hydrogens (tertiary/aromatic N) is 1. The molecule has 1 saturated heterocycles. The molecule has 0 aromatic heterocycles. The highest BCUT2D eigenvalue weighted by molar-refractivity contribution is 7.80. The Bertz CT molecular complexity index is 261. The summed E-state index contributed by atoms with van der Waals surface area (Å²) in [6.07, 6.45) is 4.14. The van der Waals surface area contributed by atoms with E-state index >= 15 is 0 Å². The third-order valence-corrected chi connectivity index (χ3v) is 5.41. The SMILES string of the molecule is CC(C)(C)C1CCCN(CC(CS)C(C)(C)C)CC1. The van der Waals surface area contributed by atoms with Crippen LogP contribution < -0.4 is 0 Å². The summed E-state index contributed by atoms with van der Waals surface area (Å²) in [6.45, 7) is 18.0. The second-order valence-corrected chi connectivity index (χ2v) is 8.91. The van der Waals surface area contributed by atoms with Gasteiger partial charge in [0.1, 0.15) is 0 Å². The van der Waals surface area contributed by atoms with Gasteiger partial charge in [0.05, 0.1) is 0 Å². The Morgan fingerprint density at radius 1 is 1.05 bits per heavy atom. The Hall–Kier alpha value is 0.310. The maximum atomic E-state index is 4.57. The first-order valence-corrected chi connectivity index (χ1v) is 8.61. The molecule has 114 valence electrons. The summed E-state index contributed by atoms with van der Waals surface area (Å²) < 4.78 is 0. The highest BCUT2D eigenvalue weighted by Crippen LogP contribution is 2.35. The van der Waals surface area contributed by atoms with E-state index in [9.17, 15) is 0 Å². The molecule has 0 spiro atoms. The fraction of sp³-hybridized carbons (Fsp3) is 1.00. The van der Waals surface area contributed by atoms with E-state index in [1.54, 1.807) is 0 Å². The standard InChI is InChI=1S/C17H35NS/c1-16(2,3)14-8-7-10-18(11-9-14)12-15(13-19)17(4,5)6/h14-15,19H,7-13H2,1-6H3. The molecule has 0 amide bonds. The van der Waals surface area contributed by atoms with Crippen LogP contribution >= 0.6 is 12.6 Å². The van der Waals surface area contributed by atoms with Crippen LogP contribution in [-0.2, 0) is 0 Å². The molecule has 0 aromatic rings. The lowest BCUT2D eigenvalue weighted by atomic mass is 9.77. The molecule has 0 bridgehead atoms. The molecule has 1 aliphatic heterocycles. The zero-order valence-corrected chi connectivity index (χ0v) is 14.9. The summed E-state index contributed by atoms with van der Waals surface area (Å²) >= 11 is 4.57. The van der Waals surface area contributed by atoms with E-state index in [1.807, 2.05) is 0 Å². The van der Waals surface area contributed by atoms with Crippen molar-refractivity contribution in [2.24, 2.45) is 22.7 Å². The average Bonchev–Trinajstić information content (AvgIpc) is 2.48. The fourth-order valence-corrected chi connectivity index (χ4v) is 3.78. The van der Waals surface area contributed by atoms with Crippen molar-refractivity contribution in [3.8, 4) is 0 Å². The second-order valence-electron chi connectivity index (χ2n) is 8.54. The topological polar surface area (TPSA) is 3.24 Å². The smallest absolute Gasteiger partial charge is 0.00225 e. The summed E-state index contributed by atoms with van der Waals surface area (Å²) in [4.78, 5) is 2.69. The molecule has 0 N–H and O–H groups in total. The molecule has 19 heavy (non-hydrogen) atoms. The lowest BCUT2D eigenvalue weighted by Gasteiger charge is -2.34. The molecule has 1 aliphatic rings. The quantitative estimate of drug-likeness (QED) is 0.734. The van der Waals surface area contributed by atoms with Gasteiger partial charge in [0.2, 0.25) is 0 Å². The van der Waals surface area contributed by atoms with E-state index in [4.69, 9.17) is 0 Å². The molecule has 0 radical (unpaired) electrons. The highest BCUT2D eigenvalue weighted by atomic mass is 32.1. The van der Waals surface area contributed by atoms with Crippen molar-refractivity contribution in [1.82, 2.24) is 4.90 Å². The Morgan fingerprint density at radius 2 is 1.68 bits per heavy atom. The molecule has 2 atom stereocenters. The molecule has 1 fully saturated rings. The largest absolute Gasteiger partial charge is 0.303 e. The van der Waals surface area contributed by atoms with Gasteiger partial charge in [0, 0.05) is 6.54 Å². The number of hydrogen-bond acceptors (Lipinski definition) is 2. The normalized spacial score (nSPS) is 25.1. The van der Waals surface area contributed by atoms with Crippen LogP contribution in [0.25, 0.3) is 0 Å². The van der Waals surface area contributed by atoms with Gasteiger partial charge in [-0.1, -0.05) is 41.5 Å². The van der Waals surface area contributed by atoms with E-state index in [-0.39, 0.29) is 0 Å². The molecule has 0 saturated carbocycles. The molecular weight excluding hydrogens is 250 g/mol. The van der Waals surface area contributed by atoms with Gasteiger partial charge in [0.25, 0.3) is 0 Å². The van der Waals surface area contributed by atoms with Crippen molar-refractivity contribution in [2.75, 3.05) is 25.4 Å². The Labute approximate surface area is 126 Å². The van der Waals surface area contributed by atoms with Crippen molar-refractivity contribution in [3.05, 3.63) is 0 Å². The third kappa shape index (κ3) is 5.67. The zero-order valence-electron chi connectivity index (χ0n) is 14.0. The molecular formula is C17H35NS. The van der Waals surface area contributed by atoms with Gasteiger partial charge in [-0.25, -0.2) is 0 Å². The minimum atomic E-state index is 0.373. The van der Waals surface area contributed by atoms with E-state index in [0.717, 1.165) is 11.7 Å². The van der Waals surface area contributed by atoms with E-state index < -0.39 is 0 Å². The Balaban J connectivity index is 2.54. The van der Waals surface area contributed by atoms with Crippen molar-refractivity contribution in [2.45, 2.75) is 60.8 Å². The second kappa shape index (κ2) is 6.85. The van der Waals surface area contributed by atoms with Crippen LogP contribution in [0.4, 0.5) is 0 Å². The van der Waals surface area contributed by atoms with Gasteiger partial charge >= 0.3 is 0 Å². The fourth-order valence-electron chi connectivity index (χ4n) is 3.12. The van der Waals surface area contributed by atoms with Gasteiger partial charge < -0.3 is 4.90 Å². The van der Waals surface area contributed by atoms with Crippen LogP contribution in [0.1, 0.15) is 60.8 Å². The first kappa shape index (κ1) is 17.4. The van der Waals surface area contributed by atoms with Crippen molar-refractivity contribution in [3.63, 3.8) is 0 Å². The number of hydrogen-bond donors (Lipinski definition) is 1. The lowest BCUT2D eigenvalue weighted by Crippen LogP contribution is -2.37. The van der Waals surface area contributed by atoms with Gasteiger partial charge in [-0.15, -0.1) is 0 Å². The molecule has 1 heterocycles. The summed E-state index contributed by atoms with van der Waals surface area (Å²) in [5.41, 5.74) is 0.848. The molecule has 0 aliphatic carbocycles. The summed E-state index contributed by atoms with van der Waals surface area (Å²) in [5, 5.41) is 0. The van der Waals surface area contributed by atoms with Crippen LogP contribution in [0, 0.1) is 22.7 Å². The molecule has 1 nitrogen and oxygen atoms in total. The number of thiol groups is 1. The van der Waals surface area contributed by atoms with E-state index in [0.29, 0.717) is 16.7 Å². The lowest BCUT2D eigenvalue weighted by molar-refractivity contribution is 0.160. The predicted octanol–water partition coefficient (Wildman–Crippen LogP) is 4.73. The summed E-state index contributed by atoms with van der Waals surface area (Å²) in [5.74, 6) is 2.59. The van der Waals surface area contributed by atoms with Gasteiger partial charge in [-0.3, -0.25) is 0 Å². The van der Waals surface area contributed by atoms with Crippen LogP contribution in [0.5, 0.6) is 0 Å². The van der Waals surface area contributed by atoms with Crippen LogP contribution in [0.15, 0.2) is 0 Å². The Morgan fingerprint density at radius 3 is 2.16 bits per heavy atom. The van der Waals surface area contributed by atoms with Gasteiger partial charge in [-0.05, 0) is 60.8 Å². The van der Waals surface area contributed by atoms with Crippen LogP contribution in [-0.4, -0.2) is 30.3 Å². The highest BCUT2D eigenvalue weighted by Gasteiger charge is 2.29. The molecule has 2 heteroatoms. The average molecular weight is 286 g/mol. The third-order valence-electron chi connectivity index (χ3n) is 4.97. The summed E-state index contributed by atoms with van der Waals surface area (Å²) in [7, 11) is 0. The number of likely N-dealkylation sites (tertiary alicyclic amines) is 1. The van der Waals surface area contributed by atoms with Crippen molar-refractivity contribution < 1.29 is 0 Å². The van der Waals surface area contributed by atoms with E-state index in [2.05, 4.69) is 59.1 Å². The van der Waals surface area contributed by atoms with Gasteiger partial charge in [0.15, 0.2) is 0 Å². The molecule has 1 rings (SSSR count). The number of rotatable bonds is 3. The van der Waals surface area contributed by atoms with Gasteiger partial charge in [-0.2, -0.15) is 12.6 Å². The first-order valence-electron chi connectivity index (χ1n) is 7.98. The van der Waals surface area contributed by atoms with Crippen LogP contribution in [0.2, 0.25) is 0 Å². The Kier molecular flexibility index (Phi) is 6.26. The van der Waals surface area contributed by atoms with Crippen LogP contribution in [0.3, 0.4) is 0 Å². The monoisotopic (exact) mass is 285 g/mol. The minimum Gasteiger partial charge on any atom is -0.303 e.